The molecule has 2 N–H and O–H groups in total. The Balaban J connectivity index is 1.48. The molecule has 0 unspecified atom stereocenters. The number of pyridine rings is 1. The number of benzene rings is 2. The lowest BCUT2D eigenvalue weighted by molar-refractivity contribution is -0.115. The molecule has 5 nitrogen and oxygen atoms in total. The van der Waals surface area contributed by atoms with Gasteiger partial charge in [-0.3, -0.25) is 9.78 Å². The molecule has 0 aliphatic rings. The lowest BCUT2D eigenvalue weighted by atomic mass is 10.1. The van der Waals surface area contributed by atoms with Crippen LogP contribution in [0, 0.1) is 13.8 Å². The highest BCUT2D eigenvalue weighted by Gasteiger charge is 2.13. The molecule has 0 fully saturated rings. The van der Waals surface area contributed by atoms with E-state index in [4.69, 9.17) is 4.74 Å². The van der Waals surface area contributed by atoms with Crippen LogP contribution in [0.3, 0.4) is 0 Å². The Kier molecular flexibility index (Phi) is 4.81. The highest BCUT2D eigenvalue weighted by molar-refractivity contribution is 5.96. The van der Waals surface area contributed by atoms with Gasteiger partial charge in [-0.2, -0.15) is 0 Å². The molecule has 0 saturated heterocycles. The number of anilines is 1. The third-order valence-corrected chi connectivity index (χ3v) is 4.71. The number of aromatic nitrogens is 2. The quantitative estimate of drug-likeness (QED) is 0.510. The maximum atomic E-state index is 12.6. The second-order valence-corrected chi connectivity index (χ2v) is 6.77. The van der Waals surface area contributed by atoms with Crippen LogP contribution in [0.25, 0.3) is 10.9 Å². The minimum Gasteiger partial charge on any atom is -0.456 e. The summed E-state index contributed by atoms with van der Waals surface area (Å²) < 4.78 is 5.79. The number of H-pyrrole nitrogens is 1. The normalized spacial score (nSPS) is 10.8. The first-order valence-electron chi connectivity index (χ1n) is 9.15. The molecule has 0 aliphatic heterocycles. The average Bonchev–Trinajstić information content (AvgIpc) is 3.00. The average molecular weight is 371 g/mol. The molecule has 2 heterocycles. The van der Waals surface area contributed by atoms with Crippen molar-refractivity contribution >= 4 is 22.5 Å². The molecule has 0 saturated carbocycles. The highest BCUT2D eigenvalue weighted by Crippen LogP contribution is 2.26. The molecular formula is C23H21N3O2. The molecule has 0 atom stereocenters. The summed E-state index contributed by atoms with van der Waals surface area (Å²) in [7, 11) is 0. The fourth-order valence-electron chi connectivity index (χ4n) is 3.30. The number of para-hydroxylation sites is 1. The highest BCUT2D eigenvalue weighted by atomic mass is 16.5. The second-order valence-electron chi connectivity index (χ2n) is 6.77. The van der Waals surface area contributed by atoms with Gasteiger partial charge < -0.3 is 15.0 Å². The molecule has 2 aromatic heterocycles. The van der Waals surface area contributed by atoms with Gasteiger partial charge in [-0.25, -0.2) is 0 Å². The Bertz CT molecular complexity index is 1130. The van der Waals surface area contributed by atoms with Gasteiger partial charge in [0, 0.05) is 28.5 Å². The topological polar surface area (TPSA) is 67.0 Å². The summed E-state index contributed by atoms with van der Waals surface area (Å²) in [6.07, 6.45) is 3.68. The number of fused-ring (bicyclic) bond motifs is 1. The number of hydrogen-bond donors (Lipinski definition) is 2. The molecule has 0 aliphatic carbocycles. The van der Waals surface area contributed by atoms with Crippen molar-refractivity contribution in [3.63, 3.8) is 0 Å². The molecule has 4 rings (SSSR count). The van der Waals surface area contributed by atoms with Crippen molar-refractivity contribution in [2.24, 2.45) is 0 Å². The Hall–Kier alpha value is -3.60. The van der Waals surface area contributed by atoms with Crippen LogP contribution in [0.4, 0.5) is 5.69 Å². The lowest BCUT2D eigenvalue weighted by Crippen LogP contribution is -2.15. The number of amides is 1. The largest absolute Gasteiger partial charge is 0.456 e. The maximum Gasteiger partial charge on any atom is 0.228 e. The number of carbonyl (C=O) groups excluding carboxylic acids is 1. The van der Waals surface area contributed by atoms with E-state index in [1.807, 2.05) is 68.4 Å². The van der Waals surface area contributed by atoms with E-state index in [2.05, 4.69) is 15.3 Å². The van der Waals surface area contributed by atoms with E-state index >= 15 is 0 Å². The number of hydrogen-bond acceptors (Lipinski definition) is 3. The van der Waals surface area contributed by atoms with Gasteiger partial charge in [-0.05, 0) is 61.4 Å². The van der Waals surface area contributed by atoms with Crippen LogP contribution >= 0.6 is 0 Å². The van der Waals surface area contributed by atoms with E-state index in [1.54, 1.807) is 12.4 Å². The zero-order chi connectivity index (χ0) is 19.5. The Morgan fingerprint density at radius 1 is 1.07 bits per heavy atom. The predicted molar refractivity (Wildman–Crippen MR) is 111 cm³/mol. The molecule has 28 heavy (non-hydrogen) atoms. The zero-order valence-electron chi connectivity index (χ0n) is 15.8. The molecule has 0 bridgehead atoms. The van der Waals surface area contributed by atoms with Crippen molar-refractivity contribution in [3.05, 3.63) is 83.8 Å². The number of nitrogens with one attached hydrogen (secondary N) is 2. The van der Waals surface area contributed by atoms with Crippen LogP contribution in [-0.4, -0.2) is 15.9 Å². The van der Waals surface area contributed by atoms with Gasteiger partial charge in [0.2, 0.25) is 5.91 Å². The van der Waals surface area contributed by atoms with Crippen LogP contribution in [0.1, 0.15) is 16.8 Å². The van der Waals surface area contributed by atoms with Gasteiger partial charge in [-0.1, -0.05) is 18.2 Å². The van der Waals surface area contributed by atoms with Gasteiger partial charge in [0.1, 0.15) is 11.5 Å². The number of ether oxygens (including phenoxy) is 1. The predicted octanol–water partition coefficient (Wildman–Crippen LogP) is 5.15. The van der Waals surface area contributed by atoms with E-state index in [0.29, 0.717) is 17.9 Å². The summed E-state index contributed by atoms with van der Waals surface area (Å²) in [5.41, 5.74) is 4.82. The maximum absolute atomic E-state index is 12.6. The summed E-state index contributed by atoms with van der Waals surface area (Å²) in [5.74, 6) is 1.33. The van der Waals surface area contributed by atoms with Crippen molar-refractivity contribution in [3.8, 4) is 11.5 Å². The van der Waals surface area contributed by atoms with Crippen LogP contribution in [0.2, 0.25) is 0 Å². The third kappa shape index (κ3) is 3.74. The van der Waals surface area contributed by atoms with Crippen molar-refractivity contribution in [1.29, 1.82) is 0 Å². The number of aromatic amines is 1. The van der Waals surface area contributed by atoms with E-state index in [-0.39, 0.29) is 5.91 Å². The van der Waals surface area contributed by atoms with Crippen molar-refractivity contribution < 1.29 is 9.53 Å². The summed E-state index contributed by atoms with van der Waals surface area (Å²) in [6, 6.07) is 17.3. The van der Waals surface area contributed by atoms with Crippen LogP contribution < -0.4 is 10.1 Å². The first-order chi connectivity index (χ1) is 13.6. The monoisotopic (exact) mass is 371 g/mol. The van der Waals surface area contributed by atoms with Crippen molar-refractivity contribution in [2.75, 3.05) is 5.32 Å². The summed E-state index contributed by atoms with van der Waals surface area (Å²) >= 11 is 0. The Morgan fingerprint density at radius 2 is 1.93 bits per heavy atom. The molecule has 0 radical (unpaired) electrons. The van der Waals surface area contributed by atoms with E-state index in [0.717, 1.165) is 33.4 Å². The van der Waals surface area contributed by atoms with E-state index in [9.17, 15) is 4.79 Å². The molecule has 4 aromatic rings. The van der Waals surface area contributed by atoms with Crippen LogP contribution in [0.5, 0.6) is 11.5 Å². The SMILES string of the molecule is Cc1cc(Oc2cccnc2)ccc1NC(=O)Cc1c(C)[nH]c2ccccc12. The standard InChI is InChI=1S/C23H21N3O2/c1-15-12-17(28-18-6-5-11-24-14-18)9-10-21(15)26-23(27)13-20-16(2)25-22-8-4-3-7-19(20)22/h3-12,14,25H,13H2,1-2H3,(H,26,27). The molecular weight excluding hydrogens is 350 g/mol. The van der Waals surface area contributed by atoms with E-state index in [1.165, 1.54) is 0 Å². The first-order valence-corrected chi connectivity index (χ1v) is 9.15. The minimum atomic E-state index is -0.0446. The zero-order valence-corrected chi connectivity index (χ0v) is 15.8. The number of rotatable bonds is 5. The Labute approximate surface area is 163 Å². The van der Waals surface area contributed by atoms with Crippen LogP contribution in [0.15, 0.2) is 67.0 Å². The molecule has 140 valence electrons. The molecule has 5 heteroatoms. The van der Waals surface area contributed by atoms with E-state index < -0.39 is 0 Å². The fourth-order valence-corrected chi connectivity index (χ4v) is 3.30. The van der Waals surface area contributed by atoms with Gasteiger partial charge in [-0.15, -0.1) is 0 Å². The van der Waals surface area contributed by atoms with Gasteiger partial charge in [0.15, 0.2) is 0 Å². The summed E-state index contributed by atoms with van der Waals surface area (Å²) in [6.45, 7) is 3.95. The van der Waals surface area contributed by atoms with Gasteiger partial charge in [0.05, 0.1) is 12.6 Å². The van der Waals surface area contributed by atoms with Crippen molar-refractivity contribution in [2.45, 2.75) is 20.3 Å². The molecule has 0 spiro atoms. The lowest BCUT2D eigenvalue weighted by Gasteiger charge is -2.11. The molecule has 2 aromatic carbocycles. The second kappa shape index (κ2) is 7.56. The fraction of sp³-hybridized carbons (Fsp3) is 0.130. The minimum absolute atomic E-state index is 0.0446. The summed E-state index contributed by atoms with van der Waals surface area (Å²) in [4.78, 5) is 20.0. The number of nitrogens with zero attached hydrogens (tertiary/aromatic N) is 1. The number of carbonyl (C=O) groups is 1. The summed E-state index contributed by atoms with van der Waals surface area (Å²) in [5, 5.41) is 4.10. The van der Waals surface area contributed by atoms with Crippen LogP contribution in [-0.2, 0) is 11.2 Å². The molecule has 1 amide bonds. The number of aryl methyl sites for hydroxylation is 2. The Morgan fingerprint density at radius 3 is 2.71 bits per heavy atom. The van der Waals surface area contributed by atoms with Gasteiger partial charge in [0.25, 0.3) is 0 Å². The van der Waals surface area contributed by atoms with Gasteiger partial charge >= 0.3 is 0 Å². The smallest absolute Gasteiger partial charge is 0.228 e. The van der Waals surface area contributed by atoms with Crippen molar-refractivity contribution in [1.82, 2.24) is 9.97 Å². The first kappa shape index (κ1) is 17.8. The third-order valence-electron chi connectivity index (χ3n) is 4.71.